The number of pyridine rings is 1. The number of anilines is 1. The van der Waals surface area contributed by atoms with E-state index < -0.39 is 21.9 Å². The molecule has 1 amide bonds. The van der Waals surface area contributed by atoms with E-state index in [4.69, 9.17) is 4.55 Å². The number of nitrogens with one attached hydrogen (secondary N) is 1. The van der Waals surface area contributed by atoms with Crippen LogP contribution in [-0.2, 0) is 14.9 Å². The first kappa shape index (κ1) is 29.4. The number of rotatable bonds is 11. The molecule has 2 aromatic carbocycles. The number of carbonyl (C=O) groups is 1. The topological polar surface area (TPSA) is 129 Å². The van der Waals surface area contributed by atoms with Gasteiger partial charge in [0.15, 0.2) is 0 Å². The van der Waals surface area contributed by atoms with Crippen molar-refractivity contribution in [1.82, 2.24) is 10.3 Å². The smallest absolute Gasteiger partial charge is 0.266 e. The van der Waals surface area contributed by atoms with Crippen LogP contribution in [0.1, 0.15) is 59.2 Å². The summed E-state index contributed by atoms with van der Waals surface area (Å²) in [7, 11) is -4.10. The van der Waals surface area contributed by atoms with Gasteiger partial charge in [0.2, 0.25) is 5.91 Å². The largest absolute Gasteiger partial charge is 0.371 e. The second-order valence-electron chi connectivity index (χ2n) is 10.4. The number of aromatic nitrogens is 1. The van der Waals surface area contributed by atoms with E-state index in [-0.39, 0.29) is 24.3 Å². The predicted molar refractivity (Wildman–Crippen MR) is 156 cm³/mol. The summed E-state index contributed by atoms with van der Waals surface area (Å²) >= 11 is 0. The van der Waals surface area contributed by atoms with Gasteiger partial charge in [-0.15, -0.1) is 0 Å². The van der Waals surface area contributed by atoms with Crippen LogP contribution in [0.4, 0.5) is 5.69 Å². The molecule has 1 fully saturated rings. The summed E-state index contributed by atoms with van der Waals surface area (Å²) < 4.78 is 30.6. The van der Waals surface area contributed by atoms with Crippen LogP contribution in [0.2, 0.25) is 0 Å². The number of hydrogen-bond acceptors (Lipinski definition) is 7. The quantitative estimate of drug-likeness (QED) is 0.249. The first-order valence-electron chi connectivity index (χ1n) is 13.5. The summed E-state index contributed by atoms with van der Waals surface area (Å²) in [4.78, 5) is 30.9. The molecular weight excluding hydrogens is 528 g/mol. The van der Waals surface area contributed by atoms with Gasteiger partial charge < -0.3 is 10.2 Å². The molecule has 0 saturated carbocycles. The average Bonchev–Trinajstić information content (AvgIpc) is 2.94. The summed E-state index contributed by atoms with van der Waals surface area (Å²) in [5.41, 5.74) is 6.20. The zero-order chi connectivity index (χ0) is 28.7. The van der Waals surface area contributed by atoms with Crippen LogP contribution < -0.4 is 10.2 Å². The highest BCUT2D eigenvalue weighted by atomic mass is 32.2. The summed E-state index contributed by atoms with van der Waals surface area (Å²) in [6.45, 7) is 5.30. The Balaban J connectivity index is 1.46. The SMILES string of the molecule is Cc1cc(C(CC(c2ccc(N3CCC(C(=O)NCCS(=O)(=O)O)CC3)cc2)c2ccccc2C)N=O)ccn1. The third-order valence-corrected chi connectivity index (χ3v) is 8.36. The first-order chi connectivity index (χ1) is 19.1. The van der Waals surface area contributed by atoms with Crippen molar-refractivity contribution in [1.29, 1.82) is 0 Å². The number of nitroso groups, excluding NO2 is 1. The molecule has 3 aromatic rings. The number of amides is 1. The first-order valence-corrected chi connectivity index (χ1v) is 15.1. The van der Waals surface area contributed by atoms with Crippen molar-refractivity contribution in [2.75, 3.05) is 30.3 Å². The van der Waals surface area contributed by atoms with Crippen LogP contribution in [0.15, 0.2) is 72.0 Å². The molecule has 9 nitrogen and oxygen atoms in total. The van der Waals surface area contributed by atoms with Gasteiger partial charge in [-0.05, 0) is 79.6 Å². The lowest BCUT2D eigenvalue weighted by atomic mass is 9.82. The van der Waals surface area contributed by atoms with Crippen LogP contribution in [0.3, 0.4) is 0 Å². The van der Waals surface area contributed by atoms with E-state index in [1.807, 2.05) is 31.2 Å². The van der Waals surface area contributed by atoms with E-state index >= 15 is 0 Å². The predicted octanol–water partition coefficient (Wildman–Crippen LogP) is 4.95. The molecule has 40 heavy (non-hydrogen) atoms. The molecule has 1 saturated heterocycles. The van der Waals surface area contributed by atoms with Gasteiger partial charge >= 0.3 is 0 Å². The van der Waals surface area contributed by atoms with Crippen molar-refractivity contribution in [2.24, 2.45) is 11.1 Å². The zero-order valence-electron chi connectivity index (χ0n) is 22.9. The summed E-state index contributed by atoms with van der Waals surface area (Å²) in [6, 6.07) is 19.9. The summed E-state index contributed by atoms with van der Waals surface area (Å²) in [5.74, 6) is -0.878. The number of hydrogen-bond donors (Lipinski definition) is 2. The van der Waals surface area contributed by atoms with E-state index in [0.29, 0.717) is 32.4 Å². The molecule has 0 spiro atoms. The zero-order valence-corrected chi connectivity index (χ0v) is 23.7. The van der Waals surface area contributed by atoms with Crippen molar-refractivity contribution in [3.63, 3.8) is 0 Å². The summed E-state index contributed by atoms with van der Waals surface area (Å²) in [5, 5.41) is 6.11. The maximum atomic E-state index is 12.4. The number of aryl methyl sites for hydroxylation is 2. The fourth-order valence-corrected chi connectivity index (χ4v) is 5.78. The molecule has 1 aromatic heterocycles. The van der Waals surface area contributed by atoms with Crippen molar-refractivity contribution in [3.8, 4) is 0 Å². The maximum Gasteiger partial charge on any atom is 0.266 e. The Morgan fingerprint density at radius 3 is 2.40 bits per heavy atom. The molecule has 10 heteroatoms. The third kappa shape index (κ3) is 7.73. The van der Waals surface area contributed by atoms with Gasteiger partial charge in [0.05, 0.1) is 5.75 Å². The monoisotopic (exact) mass is 564 g/mol. The molecule has 2 N–H and O–H groups in total. The Labute approximate surface area is 235 Å². The molecule has 0 bridgehead atoms. The van der Waals surface area contributed by atoms with Crippen molar-refractivity contribution < 1.29 is 17.8 Å². The van der Waals surface area contributed by atoms with Crippen molar-refractivity contribution >= 4 is 21.7 Å². The molecule has 1 aliphatic heterocycles. The molecule has 2 unspecified atom stereocenters. The normalized spacial score (nSPS) is 15.8. The van der Waals surface area contributed by atoms with Gasteiger partial charge in [0.1, 0.15) is 6.04 Å². The minimum Gasteiger partial charge on any atom is -0.371 e. The van der Waals surface area contributed by atoms with E-state index in [9.17, 15) is 18.1 Å². The lowest BCUT2D eigenvalue weighted by molar-refractivity contribution is -0.125. The van der Waals surface area contributed by atoms with Crippen molar-refractivity contribution in [3.05, 3.63) is 99.7 Å². The van der Waals surface area contributed by atoms with Gasteiger partial charge in [0.25, 0.3) is 10.1 Å². The van der Waals surface area contributed by atoms with Crippen LogP contribution in [0, 0.1) is 24.7 Å². The van der Waals surface area contributed by atoms with E-state index in [0.717, 1.165) is 33.6 Å². The van der Waals surface area contributed by atoms with E-state index in [2.05, 4.69) is 63.7 Å². The Bertz CT molecular complexity index is 1420. The number of piperidine rings is 1. The minimum absolute atomic E-state index is 0.0245. The Morgan fingerprint density at radius 1 is 1.07 bits per heavy atom. The van der Waals surface area contributed by atoms with Gasteiger partial charge in [-0.1, -0.05) is 41.6 Å². The highest BCUT2D eigenvalue weighted by Gasteiger charge is 2.27. The van der Waals surface area contributed by atoms with Gasteiger partial charge in [-0.2, -0.15) is 13.3 Å². The van der Waals surface area contributed by atoms with Gasteiger partial charge in [0, 0.05) is 49.0 Å². The van der Waals surface area contributed by atoms with E-state index in [1.54, 1.807) is 6.20 Å². The lowest BCUT2D eigenvalue weighted by Crippen LogP contribution is -2.41. The standard InChI is InChI=1S/C30H36N4O5S/c1-21-5-3-4-6-27(21)28(20-29(33-36)25-11-14-31-22(2)19-25)23-7-9-26(10-8-23)34-16-12-24(13-17-34)30(35)32-15-18-40(37,38)39/h3-11,14,19,24,28-29H,12-13,15-18,20H2,1-2H3,(H,32,35)(H,37,38,39). The van der Waals surface area contributed by atoms with Crippen LogP contribution in [-0.4, -0.2) is 49.2 Å². The number of carbonyl (C=O) groups excluding carboxylic acids is 1. The minimum atomic E-state index is -4.10. The number of nitrogens with zero attached hydrogens (tertiary/aromatic N) is 3. The average molecular weight is 565 g/mol. The maximum absolute atomic E-state index is 12.4. The van der Waals surface area contributed by atoms with Gasteiger partial charge in [-0.3, -0.25) is 14.3 Å². The van der Waals surface area contributed by atoms with Crippen molar-refractivity contribution in [2.45, 2.75) is 45.1 Å². The van der Waals surface area contributed by atoms with E-state index in [1.165, 1.54) is 0 Å². The lowest BCUT2D eigenvalue weighted by Gasteiger charge is -2.33. The molecule has 0 radical (unpaired) electrons. The Hall–Kier alpha value is -3.63. The second-order valence-corrected chi connectivity index (χ2v) is 12.0. The highest BCUT2D eigenvalue weighted by molar-refractivity contribution is 7.85. The molecule has 1 aliphatic rings. The fraction of sp³-hybridized carbons (Fsp3) is 0.400. The Kier molecular flexibility index (Phi) is 9.65. The van der Waals surface area contributed by atoms with Crippen LogP contribution in [0.25, 0.3) is 0 Å². The fourth-order valence-electron chi connectivity index (χ4n) is 5.42. The molecule has 4 rings (SSSR count). The Morgan fingerprint density at radius 2 is 1.77 bits per heavy atom. The molecule has 212 valence electrons. The van der Waals surface area contributed by atoms with Crippen LogP contribution >= 0.6 is 0 Å². The summed E-state index contributed by atoms with van der Waals surface area (Å²) in [6.07, 6.45) is 3.56. The molecular formula is C30H36N4O5S. The number of benzene rings is 2. The van der Waals surface area contributed by atoms with Crippen LogP contribution in [0.5, 0.6) is 0 Å². The highest BCUT2D eigenvalue weighted by Crippen LogP contribution is 2.38. The molecule has 0 aliphatic carbocycles. The second kappa shape index (κ2) is 13.1. The molecule has 2 heterocycles. The third-order valence-electron chi connectivity index (χ3n) is 7.64. The van der Waals surface area contributed by atoms with Gasteiger partial charge in [-0.25, -0.2) is 0 Å². The molecule has 2 atom stereocenters.